The first-order valence-electron chi connectivity index (χ1n) is 8.80. The number of methoxy groups -OCH3 is 2. The van der Waals surface area contributed by atoms with E-state index >= 15 is 0 Å². The zero-order valence-corrected chi connectivity index (χ0v) is 16.8. The molecule has 4 rings (SSSR count). The molecular weight excluding hydrogens is 409 g/mol. The predicted octanol–water partition coefficient (Wildman–Crippen LogP) is 3.83. The lowest BCUT2D eigenvalue weighted by molar-refractivity contribution is 0.102. The van der Waals surface area contributed by atoms with Crippen LogP contribution in [0.1, 0.15) is 10.4 Å². The first-order valence-corrected chi connectivity index (χ1v) is 9.68. The maximum absolute atomic E-state index is 13.2. The standard InChI is InChI=1S/C21H16FN3O4S/c1-28-14-7-8-18(29-2)15(9-14)17-11-30-21-23-10-16(20(27)25(17)21)19(26)24-13-5-3-12(22)4-6-13/h3-11H,1-2H3,(H,24,26). The van der Waals surface area contributed by atoms with Crippen LogP contribution in [-0.4, -0.2) is 29.5 Å². The Labute approximate surface area is 174 Å². The Bertz CT molecular complexity index is 1300. The van der Waals surface area contributed by atoms with Crippen molar-refractivity contribution in [1.29, 1.82) is 0 Å². The molecule has 1 amide bonds. The van der Waals surface area contributed by atoms with Crippen molar-refractivity contribution >= 4 is 27.9 Å². The Morgan fingerprint density at radius 2 is 1.90 bits per heavy atom. The lowest BCUT2D eigenvalue weighted by Gasteiger charge is -2.11. The van der Waals surface area contributed by atoms with E-state index in [2.05, 4.69) is 10.3 Å². The maximum Gasteiger partial charge on any atom is 0.271 e. The van der Waals surface area contributed by atoms with E-state index in [4.69, 9.17) is 9.47 Å². The van der Waals surface area contributed by atoms with Gasteiger partial charge in [-0.2, -0.15) is 0 Å². The van der Waals surface area contributed by atoms with Crippen molar-refractivity contribution in [3.8, 4) is 22.8 Å². The number of ether oxygens (including phenoxy) is 2. The highest BCUT2D eigenvalue weighted by Crippen LogP contribution is 2.35. The van der Waals surface area contributed by atoms with Gasteiger partial charge in [0, 0.05) is 22.8 Å². The summed E-state index contributed by atoms with van der Waals surface area (Å²) in [5.41, 5.74) is 0.854. The molecule has 1 N–H and O–H groups in total. The van der Waals surface area contributed by atoms with Gasteiger partial charge in [-0.15, -0.1) is 11.3 Å². The Morgan fingerprint density at radius 1 is 1.13 bits per heavy atom. The summed E-state index contributed by atoms with van der Waals surface area (Å²) in [5, 5.41) is 4.35. The van der Waals surface area contributed by atoms with E-state index in [0.717, 1.165) is 0 Å². The second-order valence-corrected chi connectivity index (χ2v) is 7.08. The molecule has 30 heavy (non-hydrogen) atoms. The van der Waals surface area contributed by atoms with E-state index < -0.39 is 17.3 Å². The van der Waals surface area contributed by atoms with E-state index in [1.54, 1.807) is 30.7 Å². The minimum Gasteiger partial charge on any atom is -0.497 e. The normalized spacial score (nSPS) is 10.8. The first kappa shape index (κ1) is 19.6. The molecule has 7 nitrogen and oxygen atoms in total. The van der Waals surface area contributed by atoms with E-state index in [0.29, 0.717) is 33.4 Å². The summed E-state index contributed by atoms with van der Waals surface area (Å²) in [6.07, 6.45) is 1.24. The molecule has 0 unspecified atom stereocenters. The van der Waals surface area contributed by atoms with Crippen LogP contribution in [0.4, 0.5) is 10.1 Å². The molecule has 0 bridgehead atoms. The van der Waals surface area contributed by atoms with Gasteiger partial charge in [-0.05, 0) is 42.5 Å². The molecule has 4 aromatic rings. The molecule has 2 heterocycles. The van der Waals surface area contributed by atoms with Crippen molar-refractivity contribution in [2.24, 2.45) is 0 Å². The van der Waals surface area contributed by atoms with Gasteiger partial charge in [0.1, 0.15) is 22.9 Å². The van der Waals surface area contributed by atoms with Gasteiger partial charge in [0.05, 0.1) is 19.9 Å². The van der Waals surface area contributed by atoms with Gasteiger partial charge in [-0.1, -0.05) is 0 Å². The maximum atomic E-state index is 13.2. The first-order chi connectivity index (χ1) is 14.5. The zero-order valence-electron chi connectivity index (χ0n) is 16.0. The molecule has 0 saturated heterocycles. The van der Waals surface area contributed by atoms with Crippen molar-refractivity contribution in [2.75, 3.05) is 19.5 Å². The highest BCUT2D eigenvalue weighted by molar-refractivity contribution is 7.15. The third kappa shape index (κ3) is 3.50. The number of hydrogen-bond donors (Lipinski definition) is 1. The summed E-state index contributed by atoms with van der Waals surface area (Å²) in [7, 11) is 3.07. The minimum atomic E-state index is -0.636. The molecule has 0 radical (unpaired) electrons. The summed E-state index contributed by atoms with van der Waals surface area (Å²) < 4.78 is 25.2. The molecule has 0 spiro atoms. The zero-order chi connectivity index (χ0) is 21.3. The Balaban J connectivity index is 1.81. The van der Waals surface area contributed by atoms with Crippen LogP contribution in [-0.2, 0) is 0 Å². The van der Waals surface area contributed by atoms with Gasteiger partial charge in [0.15, 0.2) is 4.96 Å². The van der Waals surface area contributed by atoms with Crippen LogP contribution in [0.2, 0.25) is 0 Å². The van der Waals surface area contributed by atoms with Crippen molar-refractivity contribution in [1.82, 2.24) is 9.38 Å². The molecule has 0 aliphatic rings. The number of hydrogen-bond acceptors (Lipinski definition) is 6. The smallest absolute Gasteiger partial charge is 0.271 e. The third-order valence-electron chi connectivity index (χ3n) is 4.48. The van der Waals surface area contributed by atoms with E-state index in [9.17, 15) is 14.0 Å². The second kappa shape index (κ2) is 7.96. The molecule has 152 valence electrons. The molecule has 0 saturated carbocycles. The average molecular weight is 425 g/mol. The number of rotatable bonds is 5. The van der Waals surface area contributed by atoms with Gasteiger partial charge in [-0.25, -0.2) is 9.37 Å². The van der Waals surface area contributed by atoms with E-state index in [1.807, 2.05) is 0 Å². The Hall–Kier alpha value is -3.72. The summed E-state index contributed by atoms with van der Waals surface area (Å²) in [4.78, 5) is 30.5. The number of carbonyl (C=O) groups excluding carboxylic acids is 1. The fourth-order valence-electron chi connectivity index (χ4n) is 2.98. The van der Waals surface area contributed by atoms with Crippen molar-refractivity contribution in [2.45, 2.75) is 0 Å². The summed E-state index contributed by atoms with van der Waals surface area (Å²) >= 11 is 1.26. The Morgan fingerprint density at radius 3 is 2.60 bits per heavy atom. The van der Waals surface area contributed by atoms with Crippen LogP contribution in [0.5, 0.6) is 11.5 Å². The predicted molar refractivity (Wildman–Crippen MR) is 112 cm³/mol. The average Bonchev–Trinajstić information content (AvgIpc) is 3.20. The van der Waals surface area contributed by atoms with Crippen LogP contribution in [0, 0.1) is 5.82 Å². The summed E-state index contributed by atoms with van der Waals surface area (Å²) in [5.74, 6) is 0.0782. The van der Waals surface area contributed by atoms with Crippen molar-refractivity contribution in [3.05, 3.63) is 75.8 Å². The van der Waals surface area contributed by atoms with Crippen LogP contribution in [0.15, 0.2) is 58.8 Å². The van der Waals surface area contributed by atoms with Gasteiger partial charge in [0.25, 0.3) is 11.5 Å². The third-order valence-corrected chi connectivity index (χ3v) is 5.31. The molecule has 2 aromatic carbocycles. The van der Waals surface area contributed by atoms with Crippen LogP contribution in [0.25, 0.3) is 16.2 Å². The molecular formula is C21H16FN3O4S. The molecule has 9 heteroatoms. The largest absolute Gasteiger partial charge is 0.497 e. The van der Waals surface area contributed by atoms with E-state index in [1.165, 1.54) is 53.3 Å². The van der Waals surface area contributed by atoms with Crippen LogP contribution < -0.4 is 20.3 Å². The van der Waals surface area contributed by atoms with Gasteiger partial charge in [-0.3, -0.25) is 14.0 Å². The fourth-order valence-corrected chi connectivity index (χ4v) is 3.83. The van der Waals surface area contributed by atoms with Gasteiger partial charge < -0.3 is 14.8 Å². The number of thiazole rings is 1. The van der Waals surface area contributed by atoms with Crippen LogP contribution >= 0.6 is 11.3 Å². The summed E-state index contributed by atoms with van der Waals surface area (Å²) in [6.45, 7) is 0. The number of amides is 1. The summed E-state index contributed by atoms with van der Waals surface area (Å²) in [6, 6.07) is 10.5. The molecule has 2 aromatic heterocycles. The van der Waals surface area contributed by atoms with Gasteiger partial charge in [0.2, 0.25) is 0 Å². The number of anilines is 1. The number of benzene rings is 2. The molecule has 0 aliphatic heterocycles. The highest BCUT2D eigenvalue weighted by Gasteiger charge is 2.19. The molecule has 0 fully saturated rings. The topological polar surface area (TPSA) is 81.9 Å². The fraction of sp³-hybridized carbons (Fsp3) is 0.0952. The number of nitrogens with zero attached hydrogens (tertiary/aromatic N) is 2. The Kier molecular flexibility index (Phi) is 5.20. The minimum absolute atomic E-state index is 0.140. The number of carbonyl (C=O) groups is 1. The molecule has 0 atom stereocenters. The number of nitrogens with one attached hydrogen (secondary N) is 1. The van der Waals surface area contributed by atoms with Gasteiger partial charge >= 0.3 is 0 Å². The van der Waals surface area contributed by atoms with Crippen LogP contribution in [0.3, 0.4) is 0 Å². The SMILES string of the molecule is COc1ccc(OC)c(-c2csc3ncc(C(=O)Nc4ccc(F)cc4)c(=O)n23)c1. The lowest BCUT2D eigenvalue weighted by atomic mass is 10.1. The quantitative estimate of drug-likeness (QED) is 0.526. The number of halogens is 1. The second-order valence-electron chi connectivity index (χ2n) is 6.24. The number of aromatic nitrogens is 2. The van der Waals surface area contributed by atoms with E-state index in [-0.39, 0.29) is 5.56 Å². The van der Waals surface area contributed by atoms with Crippen molar-refractivity contribution < 1.29 is 18.7 Å². The monoisotopic (exact) mass is 425 g/mol. The highest BCUT2D eigenvalue weighted by atomic mass is 32.1. The lowest BCUT2D eigenvalue weighted by Crippen LogP contribution is -2.26. The van der Waals surface area contributed by atoms with Crippen molar-refractivity contribution in [3.63, 3.8) is 0 Å². The molecule has 0 aliphatic carbocycles. The number of fused-ring (bicyclic) bond motifs is 1.